The predicted octanol–water partition coefficient (Wildman–Crippen LogP) is 4.66. The van der Waals surface area contributed by atoms with Crippen LogP contribution in [0.5, 0.6) is 5.75 Å². The molecular formula is C19H20ClN3O3S. The number of nitrogens with zero attached hydrogens (tertiary/aromatic N) is 1. The molecule has 1 heterocycles. The fourth-order valence-corrected chi connectivity index (χ4v) is 3.93. The Labute approximate surface area is 163 Å². The number of aromatic nitrogens is 2. The highest BCUT2D eigenvalue weighted by Crippen LogP contribution is 2.30. The summed E-state index contributed by atoms with van der Waals surface area (Å²) in [5.41, 5.74) is 2.42. The maximum absolute atomic E-state index is 12.9. The third kappa shape index (κ3) is 4.26. The maximum Gasteiger partial charge on any atom is 0.266 e. The molecule has 27 heavy (non-hydrogen) atoms. The Morgan fingerprint density at radius 3 is 2.44 bits per heavy atom. The van der Waals surface area contributed by atoms with E-state index in [4.69, 9.17) is 16.3 Å². The monoisotopic (exact) mass is 405 g/mol. The fourth-order valence-electron chi connectivity index (χ4n) is 2.61. The number of rotatable bonds is 6. The van der Waals surface area contributed by atoms with E-state index in [1.165, 1.54) is 7.11 Å². The molecule has 0 aliphatic carbocycles. The van der Waals surface area contributed by atoms with Crippen LogP contribution in [0.3, 0.4) is 0 Å². The maximum atomic E-state index is 12.9. The highest BCUT2D eigenvalue weighted by molar-refractivity contribution is 7.92. The van der Waals surface area contributed by atoms with Crippen molar-refractivity contribution in [2.24, 2.45) is 0 Å². The molecule has 0 amide bonds. The van der Waals surface area contributed by atoms with Crippen molar-refractivity contribution in [3.63, 3.8) is 0 Å². The van der Waals surface area contributed by atoms with Crippen molar-refractivity contribution >= 4 is 27.4 Å². The number of halogens is 1. The number of aromatic amines is 1. The molecule has 0 saturated heterocycles. The van der Waals surface area contributed by atoms with E-state index in [0.717, 1.165) is 11.1 Å². The van der Waals surface area contributed by atoms with Crippen molar-refractivity contribution in [3.8, 4) is 17.0 Å². The quantitative estimate of drug-likeness (QED) is 0.624. The summed E-state index contributed by atoms with van der Waals surface area (Å²) in [5.74, 6) is 0.657. The number of hydrogen-bond acceptors (Lipinski definition) is 4. The minimum Gasteiger partial charge on any atom is -0.495 e. The van der Waals surface area contributed by atoms with E-state index in [9.17, 15) is 8.42 Å². The van der Waals surface area contributed by atoms with Crippen molar-refractivity contribution in [2.45, 2.75) is 24.7 Å². The smallest absolute Gasteiger partial charge is 0.266 e. The van der Waals surface area contributed by atoms with E-state index in [1.807, 2.05) is 32.0 Å². The summed E-state index contributed by atoms with van der Waals surface area (Å²) < 4.78 is 33.5. The first-order valence-electron chi connectivity index (χ1n) is 8.32. The molecule has 3 rings (SSSR count). The number of anilines is 1. The SMILES string of the molecule is COc1ccc(C(C)C)cc1S(=O)(=O)Nc1cc(-c2ccc(Cl)cc2)[nH]n1. The normalized spacial score (nSPS) is 11.6. The van der Waals surface area contributed by atoms with Crippen molar-refractivity contribution in [2.75, 3.05) is 11.8 Å². The van der Waals surface area contributed by atoms with Crippen molar-refractivity contribution in [3.05, 3.63) is 59.1 Å². The lowest BCUT2D eigenvalue weighted by Crippen LogP contribution is -2.15. The number of nitrogens with one attached hydrogen (secondary N) is 2. The Hall–Kier alpha value is -2.51. The molecule has 0 atom stereocenters. The van der Waals surface area contributed by atoms with Crippen LogP contribution in [0.15, 0.2) is 53.4 Å². The van der Waals surface area contributed by atoms with E-state index >= 15 is 0 Å². The molecular weight excluding hydrogens is 386 g/mol. The van der Waals surface area contributed by atoms with E-state index in [-0.39, 0.29) is 22.4 Å². The Morgan fingerprint density at radius 2 is 1.81 bits per heavy atom. The van der Waals surface area contributed by atoms with Gasteiger partial charge in [0.2, 0.25) is 0 Å². The molecule has 1 aromatic heterocycles. The van der Waals surface area contributed by atoms with Crippen LogP contribution >= 0.6 is 11.6 Å². The van der Waals surface area contributed by atoms with E-state index in [0.29, 0.717) is 10.7 Å². The van der Waals surface area contributed by atoms with Crippen LogP contribution in [-0.2, 0) is 10.0 Å². The van der Waals surface area contributed by atoms with Gasteiger partial charge in [-0.3, -0.25) is 9.82 Å². The molecule has 8 heteroatoms. The zero-order valence-electron chi connectivity index (χ0n) is 15.2. The average molecular weight is 406 g/mol. The van der Waals surface area contributed by atoms with Gasteiger partial charge in [0.1, 0.15) is 10.6 Å². The van der Waals surface area contributed by atoms with Crippen molar-refractivity contribution in [1.29, 1.82) is 0 Å². The Morgan fingerprint density at radius 1 is 1.11 bits per heavy atom. The molecule has 3 aromatic rings. The van der Waals surface area contributed by atoms with Gasteiger partial charge in [0, 0.05) is 11.1 Å². The molecule has 0 saturated carbocycles. The lowest BCUT2D eigenvalue weighted by molar-refractivity contribution is 0.402. The largest absolute Gasteiger partial charge is 0.495 e. The highest BCUT2D eigenvalue weighted by Gasteiger charge is 2.22. The number of hydrogen-bond donors (Lipinski definition) is 2. The van der Waals surface area contributed by atoms with Crippen LogP contribution < -0.4 is 9.46 Å². The number of methoxy groups -OCH3 is 1. The summed E-state index contributed by atoms with van der Waals surface area (Å²) in [6, 6.07) is 13.9. The molecule has 0 spiro atoms. The van der Waals surface area contributed by atoms with E-state index in [2.05, 4.69) is 14.9 Å². The molecule has 0 radical (unpaired) electrons. The van der Waals surface area contributed by atoms with Crippen LogP contribution in [0, 0.1) is 0 Å². The van der Waals surface area contributed by atoms with Gasteiger partial charge >= 0.3 is 0 Å². The van der Waals surface area contributed by atoms with E-state index in [1.54, 1.807) is 30.3 Å². The number of sulfonamides is 1. The van der Waals surface area contributed by atoms with Gasteiger partial charge in [0.25, 0.3) is 10.0 Å². The summed E-state index contributed by atoms with van der Waals surface area (Å²) >= 11 is 5.89. The van der Waals surface area contributed by atoms with Gasteiger partial charge < -0.3 is 4.74 Å². The number of benzene rings is 2. The zero-order chi connectivity index (χ0) is 19.6. The molecule has 0 bridgehead atoms. The van der Waals surface area contributed by atoms with Crippen LogP contribution in [0.2, 0.25) is 5.02 Å². The topological polar surface area (TPSA) is 84.1 Å². The summed E-state index contributed by atoms with van der Waals surface area (Å²) in [5, 5.41) is 7.49. The average Bonchev–Trinajstić information content (AvgIpc) is 3.09. The van der Waals surface area contributed by atoms with Crippen LogP contribution in [0.25, 0.3) is 11.3 Å². The van der Waals surface area contributed by atoms with Crippen molar-refractivity contribution in [1.82, 2.24) is 10.2 Å². The summed E-state index contributed by atoms with van der Waals surface area (Å²) in [7, 11) is -2.43. The van der Waals surface area contributed by atoms with Crippen LogP contribution in [-0.4, -0.2) is 25.7 Å². The summed E-state index contributed by atoms with van der Waals surface area (Å²) in [6.07, 6.45) is 0. The minimum absolute atomic E-state index is 0.0762. The van der Waals surface area contributed by atoms with E-state index < -0.39 is 10.0 Å². The molecule has 142 valence electrons. The lowest BCUT2D eigenvalue weighted by Gasteiger charge is -2.13. The van der Waals surface area contributed by atoms with Crippen LogP contribution in [0.4, 0.5) is 5.82 Å². The zero-order valence-corrected chi connectivity index (χ0v) is 16.7. The second-order valence-corrected chi connectivity index (χ2v) is 8.43. The molecule has 0 unspecified atom stereocenters. The first kappa shape index (κ1) is 19.3. The Bertz CT molecular complexity index is 1040. The fraction of sp³-hybridized carbons (Fsp3) is 0.211. The van der Waals surface area contributed by atoms with Gasteiger partial charge in [-0.1, -0.05) is 43.6 Å². The van der Waals surface area contributed by atoms with Gasteiger partial charge in [0.15, 0.2) is 5.82 Å². The predicted molar refractivity (Wildman–Crippen MR) is 107 cm³/mol. The first-order chi connectivity index (χ1) is 12.8. The number of H-pyrrole nitrogens is 1. The van der Waals surface area contributed by atoms with Crippen molar-refractivity contribution < 1.29 is 13.2 Å². The molecule has 0 fully saturated rings. The second kappa shape index (κ2) is 7.62. The third-order valence-electron chi connectivity index (χ3n) is 4.12. The van der Waals surface area contributed by atoms with Gasteiger partial charge in [0.05, 0.1) is 12.8 Å². The molecule has 2 N–H and O–H groups in total. The third-order valence-corrected chi connectivity index (χ3v) is 5.74. The van der Waals surface area contributed by atoms with Gasteiger partial charge in [-0.15, -0.1) is 0 Å². The molecule has 6 nitrogen and oxygen atoms in total. The molecule has 0 aliphatic rings. The second-order valence-electron chi connectivity index (χ2n) is 6.34. The standard InChI is InChI=1S/C19H20ClN3O3S/c1-12(2)14-6-9-17(26-3)18(10-14)27(24,25)23-19-11-16(21-22-19)13-4-7-15(20)8-5-13/h4-12H,1-3H3,(H2,21,22,23). The minimum atomic E-state index is -3.87. The van der Waals surface area contributed by atoms with Gasteiger partial charge in [-0.05, 0) is 41.3 Å². The molecule has 0 aliphatic heterocycles. The highest BCUT2D eigenvalue weighted by atomic mass is 35.5. The summed E-state index contributed by atoms with van der Waals surface area (Å²) in [6.45, 7) is 4.00. The first-order valence-corrected chi connectivity index (χ1v) is 10.2. The summed E-state index contributed by atoms with van der Waals surface area (Å²) in [4.78, 5) is 0.0762. The molecule has 2 aromatic carbocycles. The lowest BCUT2D eigenvalue weighted by atomic mass is 10.0. The van der Waals surface area contributed by atoms with Gasteiger partial charge in [-0.2, -0.15) is 5.10 Å². The number of ether oxygens (including phenoxy) is 1. The van der Waals surface area contributed by atoms with Gasteiger partial charge in [-0.25, -0.2) is 8.42 Å². The Kier molecular flexibility index (Phi) is 5.43. The Balaban J connectivity index is 1.91. The van der Waals surface area contributed by atoms with Crippen LogP contribution in [0.1, 0.15) is 25.3 Å².